The summed E-state index contributed by atoms with van der Waals surface area (Å²) in [7, 11) is 0. The quantitative estimate of drug-likeness (QED) is 0.569. The van der Waals surface area contributed by atoms with Crippen molar-refractivity contribution >= 4 is 11.9 Å². The number of hydrogen-bond acceptors (Lipinski definition) is 5. The fourth-order valence-electron chi connectivity index (χ4n) is 1.51. The van der Waals surface area contributed by atoms with Crippen molar-refractivity contribution in [1.82, 2.24) is 15.3 Å². The lowest BCUT2D eigenvalue weighted by atomic mass is 10.1. The summed E-state index contributed by atoms with van der Waals surface area (Å²) >= 11 is 0. The molecule has 0 saturated carbocycles. The highest BCUT2D eigenvalue weighted by atomic mass is 16.4. The second-order valence-corrected chi connectivity index (χ2v) is 4.63. The van der Waals surface area contributed by atoms with Gasteiger partial charge < -0.3 is 20.5 Å². The number of carboxylic acids is 1. The van der Waals surface area contributed by atoms with Crippen LogP contribution in [0.15, 0.2) is 4.79 Å². The molecule has 0 saturated heterocycles. The Balaban J connectivity index is 2.94. The average molecular weight is 283 g/mol. The fourth-order valence-corrected chi connectivity index (χ4v) is 1.51. The lowest BCUT2D eigenvalue weighted by molar-refractivity contribution is -0.146. The second kappa shape index (κ2) is 6.29. The number of aliphatic hydroxyl groups excluding tert-OH is 1. The van der Waals surface area contributed by atoms with Crippen molar-refractivity contribution in [3.63, 3.8) is 0 Å². The summed E-state index contributed by atoms with van der Waals surface area (Å²) in [5, 5.41) is 19.7. The van der Waals surface area contributed by atoms with Crippen molar-refractivity contribution in [2.45, 2.75) is 32.8 Å². The van der Waals surface area contributed by atoms with Gasteiger partial charge in [0.15, 0.2) is 6.10 Å². The van der Waals surface area contributed by atoms with Crippen LogP contribution >= 0.6 is 0 Å². The van der Waals surface area contributed by atoms with Gasteiger partial charge in [0, 0.05) is 5.92 Å². The summed E-state index contributed by atoms with van der Waals surface area (Å²) in [6, 6.07) is 0. The Labute approximate surface area is 114 Å². The summed E-state index contributed by atoms with van der Waals surface area (Å²) < 4.78 is 0. The van der Waals surface area contributed by atoms with Crippen molar-refractivity contribution in [2.75, 3.05) is 6.54 Å². The average Bonchev–Trinajstić information content (AvgIpc) is 2.34. The van der Waals surface area contributed by atoms with Crippen LogP contribution in [-0.2, 0) is 4.79 Å². The lowest BCUT2D eigenvalue weighted by Crippen LogP contribution is -2.39. The van der Waals surface area contributed by atoms with Gasteiger partial charge >= 0.3 is 5.97 Å². The Hall–Kier alpha value is -2.22. The van der Waals surface area contributed by atoms with Crippen molar-refractivity contribution < 1.29 is 19.8 Å². The first kappa shape index (κ1) is 15.8. The third-order valence-electron chi connectivity index (χ3n) is 2.63. The van der Waals surface area contributed by atoms with Crippen molar-refractivity contribution in [3.8, 4) is 0 Å². The third kappa shape index (κ3) is 3.64. The predicted octanol–water partition coefficient (Wildman–Crippen LogP) is -0.623. The number of carbonyl (C=O) groups is 2. The number of nitrogens with one attached hydrogen (secondary N) is 2. The van der Waals surface area contributed by atoms with E-state index in [4.69, 9.17) is 10.2 Å². The van der Waals surface area contributed by atoms with E-state index in [1.54, 1.807) is 0 Å². The summed E-state index contributed by atoms with van der Waals surface area (Å²) in [4.78, 5) is 40.7. The van der Waals surface area contributed by atoms with Crippen LogP contribution in [0.25, 0.3) is 0 Å². The molecule has 110 valence electrons. The summed E-state index contributed by atoms with van der Waals surface area (Å²) in [6.45, 7) is 4.73. The number of nitrogens with zero attached hydrogens (tertiary/aromatic N) is 1. The van der Waals surface area contributed by atoms with E-state index in [0.717, 1.165) is 0 Å². The maximum absolute atomic E-state index is 11.9. The molecule has 1 atom stereocenters. The first-order valence-corrected chi connectivity index (χ1v) is 6.04. The van der Waals surface area contributed by atoms with Gasteiger partial charge in [0.1, 0.15) is 11.4 Å². The Morgan fingerprint density at radius 1 is 1.40 bits per heavy atom. The monoisotopic (exact) mass is 283 g/mol. The molecule has 4 N–H and O–H groups in total. The second-order valence-electron chi connectivity index (χ2n) is 4.63. The van der Waals surface area contributed by atoms with Gasteiger partial charge in [-0.15, -0.1) is 0 Å². The smallest absolute Gasteiger partial charge is 0.334 e. The zero-order valence-electron chi connectivity index (χ0n) is 11.4. The highest BCUT2D eigenvalue weighted by molar-refractivity contribution is 5.95. The molecule has 20 heavy (non-hydrogen) atoms. The molecule has 8 nitrogen and oxygen atoms in total. The molecule has 0 bridgehead atoms. The van der Waals surface area contributed by atoms with Gasteiger partial charge in [-0.25, -0.2) is 9.78 Å². The van der Waals surface area contributed by atoms with E-state index in [1.165, 1.54) is 6.92 Å². The van der Waals surface area contributed by atoms with Crippen LogP contribution in [-0.4, -0.2) is 44.7 Å². The number of carboxylic acid groups (broad SMARTS) is 1. The lowest BCUT2D eigenvalue weighted by Gasteiger charge is -2.10. The number of carbonyl (C=O) groups excluding carboxylic acids is 1. The van der Waals surface area contributed by atoms with Crippen LogP contribution in [0, 0.1) is 6.92 Å². The molecule has 0 aliphatic heterocycles. The van der Waals surface area contributed by atoms with Gasteiger partial charge in [0.2, 0.25) is 0 Å². The van der Waals surface area contributed by atoms with E-state index in [0.29, 0.717) is 5.82 Å². The number of rotatable bonds is 5. The molecule has 1 heterocycles. The van der Waals surface area contributed by atoms with Crippen LogP contribution in [0.3, 0.4) is 0 Å². The zero-order valence-corrected chi connectivity index (χ0v) is 11.4. The molecule has 1 amide bonds. The van der Waals surface area contributed by atoms with Crippen molar-refractivity contribution in [1.29, 1.82) is 0 Å². The number of aromatic amines is 1. The summed E-state index contributed by atoms with van der Waals surface area (Å²) in [6.07, 6.45) is -1.72. The van der Waals surface area contributed by atoms with Crippen molar-refractivity contribution in [2.24, 2.45) is 0 Å². The molecule has 1 aromatic rings. The van der Waals surface area contributed by atoms with E-state index in [9.17, 15) is 14.4 Å². The molecule has 1 unspecified atom stereocenters. The van der Waals surface area contributed by atoms with E-state index in [-0.39, 0.29) is 17.2 Å². The van der Waals surface area contributed by atoms with E-state index in [1.807, 2.05) is 13.8 Å². The summed E-state index contributed by atoms with van der Waals surface area (Å²) in [5.41, 5.74) is -0.532. The summed E-state index contributed by atoms with van der Waals surface area (Å²) in [5.74, 6) is -1.75. The standard InChI is InChI=1S/C12H17N3O5/c1-5(2)9-14-6(3)8(11(18)15-9)10(17)13-4-7(16)12(19)20/h5,7,16H,4H2,1-3H3,(H,13,17)(H,19,20)(H,14,15,18). The van der Waals surface area contributed by atoms with Gasteiger partial charge in [-0.1, -0.05) is 13.8 Å². The van der Waals surface area contributed by atoms with E-state index >= 15 is 0 Å². The Kier molecular flexibility index (Phi) is 4.98. The largest absolute Gasteiger partial charge is 0.479 e. The molecule has 0 radical (unpaired) electrons. The third-order valence-corrected chi connectivity index (χ3v) is 2.63. The maximum Gasteiger partial charge on any atom is 0.334 e. The highest BCUT2D eigenvalue weighted by Crippen LogP contribution is 2.08. The van der Waals surface area contributed by atoms with Crippen LogP contribution in [0.2, 0.25) is 0 Å². The number of aromatic nitrogens is 2. The molecule has 8 heteroatoms. The van der Waals surface area contributed by atoms with Gasteiger partial charge in [0.05, 0.1) is 12.2 Å². The number of amides is 1. The fraction of sp³-hybridized carbons (Fsp3) is 0.500. The normalized spacial score (nSPS) is 12.2. The number of hydrogen-bond donors (Lipinski definition) is 4. The van der Waals surface area contributed by atoms with Gasteiger partial charge in [-0.3, -0.25) is 9.59 Å². The minimum Gasteiger partial charge on any atom is -0.479 e. The van der Waals surface area contributed by atoms with Crippen LogP contribution in [0.1, 0.15) is 41.6 Å². The van der Waals surface area contributed by atoms with Crippen LogP contribution in [0.5, 0.6) is 0 Å². The number of aliphatic hydroxyl groups is 1. The highest BCUT2D eigenvalue weighted by Gasteiger charge is 2.19. The van der Waals surface area contributed by atoms with E-state index in [2.05, 4.69) is 15.3 Å². The maximum atomic E-state index is 11.9. The topological polar surface area (TPSA) is 132 Å². The number of H-pyrrole nitrogens is 1. The number of aliphatic carboxylic acids is 1. The van der Waals surface area contributed by atoms with Crippen LogP contribution in [0.4, 0.5) is 0 Å². The predicted molar refractivity (Wildman–Crippen MR) is 69.7 cm³/mol. The molecule has 1 aromatic heterocycles. The molecule has 0 aliphatic rings. The molecule has 0 fully saturated rings. The zero-order chi connectivity index (χ0) is 15.4. The van der Waals surface area contributed by atoms with Gasteiger partial charge in [0.25, 0.3) is 11.5 Å². The van der Waals surface area contributed by atoms with E-state index < -0.39 is 30.1 Å². The molecule has 0 aromatic carbocycles. The van der Waals surface area contributed by atoms with Crippen molar-refractivity contribution in [3.05, 3.63) is 27.4 Å². The first-order valence-electron chi connectivity index (χ1n) is 6.04. The Morgan fingerprint density at radius 2 is 2.00 bits per heavy atom. The number of aryl methyl sites for hydroxylation is 1. The Bertz CT molecular complexity index is 579. The first-order chi connectivity index (χ1) is 9.23. The molecule has 0 spiro atoms. The Morgan fingerprint density at radius 3 is 2.45 bits per heavy atom. The molecular formula is C12H17N3O5. The molecular weight excluding hydrogens is 266 g/mol. The molecule has 0 aliphatic carbocycles. The molecule has 1 rings (SSSR count). The minimum atomic E-state index is -1.72. The van der Waals surface area contributed by atoms with Crippen LogP contribution < -0.4 is 10.9 Å². The SMILES string of the molecule is Cc1nc(C(C)C)[nH]c(=O)c1C(=O)NCC(O)C(=O)O. The van der Waals surface area contributed by atoms with Gasteiger partial charge in [-0.05, 0) is 6.92 Å². The van der Waals surface area contributed by atoms with Gasteiger partial charge in [-0.2, -0.15) is 0 Å². The minimum absolute atomic E-state index is 0.00680.